The molecule has 142 valence electrons. The van der Waals surface area contributed by atoms with Gasteiger partial charge in [-0.3, -0.25) is 9.59 Å². The van der Waals surface area contributed by atoms with E-state index >= 15 is 0 Å². The third kappa shape index (κ3) is 4.37. The SMILES string of the molecule is Cc1ccc(CC(=O)N2CCN(C(=O)C(C)(N)c3ccccc3)CC2)cc1. The summed E-state index contributed by atoms with van der Waals surface area (Å²) in [4.78, 5) is 29.1. The molecule has 5 heteroatoms. The maximum atomic E-state index is 12.9. The van der Waals surface area contributed by atoms with E-state index in [-0.39, 0.29) is 11.8 Å². The number of hydrogen-bond acceptors (Lipinski definition) is 3. The van der Waals surface area contributed by atoms with Gasteiger partial charge in [-0.05, 0) is 25.0 Å². The maximum absolute atomic E-state index is 12.9. The van der Waals surface area contributed by atoms with E-state index in [4.69, 9.17) is 5.73 Å². The Kier molecular flexibility index (Phi) is 5.61. The van der Waals surface area contributed by atoms with Crippen molar-refractivity contribution in [1.29, 1.82) is 0 Å². The van der Waals surface area contributed by atoms with Gasteiger partial charge in [0.15, 0.2) is 0 Å². The summed E-state index contributed by atoms with van der Waals surface area (Å²) in [5, 5.41) is 0. The van der Waals surface area contributed by atoms with Crippen LogP contribution in [0, 0.1) is 6.92 Å². The van der Waals surface area contributed by atoms with Gasteiger partial charge in [-0.2, -0.15) is 0 Å². The van der Waals surface area contributed by atoms with E-state index in [1.807, 2.05) is 66.4 Å². The van der Waals surface area contributed by atoms with Crippen LogP contribution in [0.2, 0.25) is 0 Å². The highest BCUT2D eigenvalue weighted by atomic mass is 16.2. The fraction of sp³-hybridized carbons (Fsp3) is 0.364. The zero-order chi connectivity index (χ0) is 19.4. The average Bonchev–Trinajstić information content (AvgIpc) is 2.70. The van der Waals surface area contributed by atoms with Gasteiger partial charge in [-0.1, -0.05) is 60.2 Å². The first-order chi connectivity index (χ1) is 12.9. The summed E-state index contributed by atoms with van der Waals surface area (Å²) in [7, 11) is 0. The molecule has 1 atom stereocenters. The molecule has 0 spiro atoms. The monoisotopic (exact) mass is 365 g/mol. The molecule has 27 heavy (non-hydrogen) atoms. The van der Waals surface area contributed by atoms with Gasteiger partial charge in [0.05, 0.1) is 6.42 Å². The van der Waals surface area contributed by atoms with E-state index < -0.39 is 5.54 Å². The van der Waals surface area contributed by atoms with Crippen molar-refractivity contribution in [2.45, 2.75) is 25.8 Å². The van der Waals surface area contributed by atoms with Crippen LogP contribution >= 0.6 is 0 Å². The summed E-state index contributed by atoms with van der Waals surface area (Å²) in [6, 6.07) is 17.4. The summed E-state index contributed by atoms with van der Waals surface area (Å²) in [5.74, 6) is 0.00357. The summed E-state index contributed by atoms with van der Waals surface area (Å²) >= 11 is 0. The first-order valence-electron chi connectivity index (χ1n) is 9.35. The van der Waals surface area contributed by atoms with Crippen LogP contribution in [-0.4, -0.2) is 47.8 Å². The minimum Gasteiger partial charge on any atom is -0.339 e. The maximum Gasteiger partial charge on any atom is 0.247 e. The molecule has 1 fully saturated rings. The van der Waals surface area contributed by atoms with Gasteiger partial charge in [0.2, 0.25) is 11.8 Å². The smallest absolute Gasteiger partial charge is 0.247 e. The van der Waals surface area contributed by atoms with Gasteiger partial charge in [0.25, 0.3) is 0 Å². The van der Waals surface area contributed by atoms with Gasteiger partial charge in [0.1, 0.15) is 5.54 Å². The Hall–Kier alpha value is -2.66. The van der Waals surface area contributed by atoms with Crippen LogP contribution in [0.3, 0.4) is 0 Å². The van der Waals surface area contributed by atoms with Crippen molar-refractivity contribution < 1.29 is 9.59 Å². The van der Waals surface area contributed by atoms with E-state index in [0.717, 1.165) is 11.1 Å². The molecule has 0 bridgehead atoms. The molecule has 1 aliphatic rings. The molecule has 1 saturated heterocycles. The molecule has 1 unspecified atom stereocenters. The number of carbonyl (C=O) groups is 2. The largest absolute Gasteiger partial charge is 0.339 e. The Morgan fingerprint density at radius 1 is 0.926 bits per heavy atom. The standard InChI is InChI=1S/C22H27N3O2/c1-17-8-10-18(11-9-17)16-20(26)24-12-14-25(15-13-24)21(27)22(2,23)19-6-4-3-5-7-19/h3-11H,12-16,23H2,1-2H3. The van der Waals surface area contributed by atoms with Gasteiger partial charge in [0, 0.05) is 26.2 Å². The highest BCUT2D eigenvalue weighted by Crippen LogP contribution is 2.21. The fourth-order valence-electron chi connectivity index (χ4n) is 3.39. The predicted molar refractivity (Wildman–Crippen MR) is 106 cm³/mol. The minimum atomic E-state index is -1.06. The second-order valence-electron chi connectivity index (χ2n) is 7.40. The van der Waals surface area contributed by atoms with Gasteiger partial charge in [-0.15, -0.1) is 0 Å². The van der Waals surface area contributed by atoms with Gasteiger partial charge in [-0.25, -0.2) is 0 Å². The molecular weight excluding hydrogens is 338 g/mol. The van der Waals surface area contributed by atoms with E-state index in [2.05, 4.69) is 0 Å². The van der Waals surface area contributed by atoms with Crippen molar-refractivity contribution >= 4 is 11.8 Å². The number of nitrogens with zero attached hydrogens (tertiary/aromatic N) is 2. The molecular formula is C22H27N3O2. The van der Waals surface area contributed by atoms with Crippen LogP contribution in [0.1, 0.15) is 23.6 Å². The molecule has 1 aliphatic heterocycles. The Morgan fingerprint density at radius 3 is 2.07 bits per heavy atom. The number of piperazine rings is 1. The first-order valence-corrected chi connectivity index (χ1v) is 9.35. The molecule has 3 rings (SSSR count). The van der Waals surface area contributed by atoms with Gasteiger partial charge < -0.3 is 15.5 Å². The van der Waals surface area contributed by atoms with Gasteiger partial charge >= 0.3 is 0 Å². The topological polar surface area (TPSA) is 66.6 Å². The quantitative estimate of drug-likeness (QED) is 0.902. The summed E-state index contributed by atoms with van der Waals surface area (Å²) in [6.07, 6.45) is 0.396. The van der Waals surface area contributed by atoms with Crippen molar-refractivity contribution in [1.82, 2.24) is 9.80 Å². The average molecular weight is 365 g/mol. The van der Waals surface area contributed by atoms with Crippen molar-refractivity contribution in [3.63, 3.8) is 0 Å². The van der Waals surface area contributed by atoms with E-state index in [9.17, 15) is 9.59 Å². The van der Waals surface area contributed by atoms with Crippen LogP contribution in [0.15, 0.2) is 54.6 Å². The van der Waals surface area contributed by atoms with Crippen LogP contribution < -0.4 is 5.73 Å². The molecule has 2 amide bonds. The Labute approximate surface area is 160 Å². The Morgan fingerprint density at radius 2 is 1.48 bits per heavy atom. The Bertz CT molecular complexity index is 792. The molecule has 2 aromatic rings. The third-order valence-electron chi connectivity index (χ3n) is 5.21. The fourth-order valence-corrected chi connectivity index (χ4v) is 3.39. The van der Waals surface area contributed by atoms with Crippen molar-refractivity contribution in [3.05, 3.63) is 71.3 Å². The van der Waals surface area contributed by atoms with Crippen molar-refractivity contribution in [2.24, 2.45) is 5.73 Å². The highest BCUT2D eigenvalue weighted by Gasteiger charge is 2.36. The summed E-state index contributed by atoms with van der Waals surface area (Å²) < 4.78 is 0. The van der Waals surface area contributed by atoms with Crippen molar-refractivity contribution in [3.8, 4) is 0 Å². The molecule has 2 N–H and O–H groups in total. The van der Waals surface area contributed by atoms with E-state index in [0.29, 0.717) is 32.6 Å². The molecule has 1 heterocycles. The first kappa shape index (κ1) is 19.1. The second-order valence-corrected chi connectivity index (χ2v) is 7.40. The van der Waals surface area contributed by atoms with E-state index in [1.165, 1.54) is 5.56 Å². The van der Waals surface area contributed by atoms with Crippen LogP contribution in [-0.2, 0) is 21.5 Å². The van der Waals surface area contributed by atoms with E-state index in [1.54, 1.807) is 11.8 Å². The molecule has 0 aliphatic carbocycles. The number of nitrogens with two attached hydrogens (primary N) is 1. The summed E-state index contributed by atoms with van der Waals surface area (Å²) in [6.45, 7) is 5.89. The van der Waals surface area contributed by atoms with Crippen LogP contribution in [0.25, 0.3) is 0 Å². The molecule has 0 radical (unpaired) electrons. The highest BCUT2D eigenvalue weighted by molar-refractivity contribution is 5.87. The zero-order valence-corrected chi connectivity index (χ0v) is 16.0. The lowest BCUT2D eigenvalue weighted by atomic mass is 9.91. The Balaban J connectivity index is 1.57. The third-order valence-corrected chi connectivity index (χ3v) is 5.21. The number of hydrogen-bond donors (Lipinski definition) is 1. The second kappa shape index (κ2) is 7.92. The number of benzene rings is 2. The lowest BCUT2D eigenvalue weighted by Gasteiger charge is -2.38. The molecule has 2 aromatic carbocycles. The van der Waals surface area contributed by atoms with Crippen LogP contribution in [0.5, 0.6) is 0 Å². The summed E-state index contributed by atoms with van der Waals surface area (Å²) in [5.41, 5.74) is 8.29. The predicted octanol–water partition coefficient (Wildman–Crippen LogP) is 2.08. The molecule has 0 aromatic heterocycles. The number of rotatable bonds is 4. The van der Waals surface area contributed by atoms with Crippen molar-refractivity contribution in [2.75, 3.05) is 26.2 Å². The number of aryl methyl sites for hydroxylation is 1. The molecule has 0 saturated carbocycles. The number of amides is 2. The lowest BCUT2D eigenvalue weighted by Crippen LogP contribution is -2.57. The van der Waals surface area contributed by atoms with Crippen LogP contribution in [0.4, 0.5) is 0 Å². The normalized spacial score (nSPS) is 16.7. The molecule has 5 nitrogen and oxygen atoms in total. The number of carbonyl (C=O) groups excluding carboxylic acids is 2. The lowest BCUT2D eigenvalue weighted by molar-refractivity contribution is -0.142. The zero-order valence-electron chi connectivity index (χ0n) is 16.0. The minimum absolute atomic E-state index is 0.0978.